The lowest BCUT2D eigenvalue weighted by atomic mass is 9.44. The van der Waals surface area contributed by atoms with Gasteiger partial charge >= 0.3 is 5.97 Å². The second-order valence-electron chi connectivity index (χ2n) is 10.3. The maximum absolute atomic E-state index is 14.2. The van der Waals surface area contributed by atoms with Gasteiger partial charge in [-0.05, 0) is 43.1 Å². The zero-order valence-electron chi connectivity index (χ0n) is 16.2. The summed E-state index contributed by atoms with van der Waals surface area (Å²) in [6.07, 6.45) is 3.37. The first-order chi connectivity index (χ1) is 12.9. The minimum absolute atomic E-state index is 0.0725. The van der Waals surface area contributed by atoms with Crippen molar-refractivity contribution in [1.29, 1.82) is 0 Å². The fourth-order valence-electron chi connectivity index (χ4n) is 8.53. The zero-order valence-corrected chi connectivity index (χ0v) is 16.2. The Hall–Kier alpha value is -1.20. The van der Waals surface area contributed by atoms with E-state index in [9.17, 15) is 14.7 Å². The predicted molar refractivity (Wildman–Crippen MR) is 97.6 cm³/mol. The molecule has 0 aromatic rings. The van der Waals surface area contributed by atoms with Crippen molar-refractivity contribution in [3.8, 4) is 0 Å². The van der Waals surface area contributed by atoms with Crippen LogP contribution in [0.2, 0.25) is 0 Å². The van der Waals surface area contributed by atoms with Gasteiger partial charge in [-0.25, -0.2) is 4.79 Å². The number of rotatable bonds is 0. The summed E-state index contributed by atoms with van der Waals surface area (Å²) < 4.78 is 5.36. The zero-order chi connectivity index (χ0) is 18.7. The number of carbonyl (C=O) groups is 2. The third-order valence-corrected chi connectivity index (χ3v) is 9.66. The Morgan fingerprint density at radius 2 is 2.04 bits per heavy atom. The molecule has 1 spiro atoms. The third-order valence-electron chi connectivity index (χ3n) is 9.66. The van der Waals surface area contributed by atoms with Crippen LogP contribution in [-0.2, 0) is 14.3 Å². The fraction of sp³-hybridized carbons (Fsp3) is 0.818. The molecule has 8 atom stereocenters. The molecule has 3 aliphatic carbocycles. The van der Waals surface area contributed by atoms with Gasteiger partial charge in [0.2, 0.25) is 0 Å². The van der Waals surface area contributed by atoms with Crippen LogP contribution in [0.25, 0.3) is 0 Å². The molecule has 0 aromatic heterocycles. The number of hydrogen-bond acceptors (Lipinski definition) is 5. The van der Waals surface area contributed by atoms with E-state index in [2.05, 4.69) is 18.7 Å². The summed E-state index contributed by atoms with van der Waals surface area (Å²) in [5.74, 6) is 0.790. The van der Waals surface area contributed by atoms with Crippen LogP contribution >= 0.6 is 0 Å². The van der Waals surface area contributed by atoms with Crippen molar-refractivity contribution in [3.63, 3.8) is 0 Å². The molecular formula is C22H29NO4. The summed E-state index contributed by atoms with van der Waals surface area (Å²) >= 11 is 0. The van der Waals surface area contributed by atoms with Gasteiger partial charge in [0.05, 0.1) is 12.7 Å². The van der Waals surface area contributed by atoms with E-state index in [1.165, 1.54) is 0 Å². The molecule has 1 N–H and O–H groups in total. The predicted octanol–water partition coefficient (Wildman–Crippen LogP) is 1.94. The highest BCUT2D eigenvalue weighted by Gasteiger charge is 2.76. The minimum Gasteiger partial charge on any atom is -0.462 e. The van der Waals surface area contributed by atoms with Crippen molar-refractivity contribution in [2.45, 2.75) is 58.1 Å². The molecule has 0 aromatic carbocycles. The number of piperidine rings is 1. The molecule has 2 saturated carbocycles. The minimum atomic E-state index is -0.612. The number of hydrogen-bond donors (Lipinski definition) is 1. The summed E-state index contributed by atoms with van der Waals surface area (Å²) in [6, 6.07) is 0.409. The molecule has 6 rings (SSSR count). The van der Waals surface area contributed by atoms with E-state index in [0.717, 1.165) is 43.5 Å². The van der Waals surface area contributed by atoms with Crippen LogP contribution in [0.3, 0.4) is 0 Å². The van der Waals surface area contributed by atoms with Crippen LogP contribution < -0.4 is 0 Å². The van der Waals surface area contributed by atoms with Crippen molar-refractivity contribution < 1.29 is 19.4 Å². The van der Waals surface area contributed by atoms with Crippen LogP contribution in [-0.4, -0.2) is 53.6 Å². The molecule has 2 saturated heterocycles. The van der Waals surface area contributed by atoms with Gasteiger partial charge in [0.1, 0.15) is 5.78 Å². The van der Waals surface area contributed by atoms with Gasteiger partial charge in [-0.15, -0.1) is 0 Å². The van der Waals surface area contributed by atoms with E-state index in [0.29, 0.717) is 43.1 Å². The first-order valence-corrected chi connectivity index (χ1v) is 10.7. The summed E-state index contributed by atoms with van der Waals surface area (Å²) in [7, 11) is 0. The van der Waals surface area contributed by atoms with Crippen LogP contribution in [0.5, 0.6) is 0 Å². The average Bonchev–Trinajstić information content (AvgIpc) is 3.11. The van der Waals surface area contributed by atoms with E-state index in [1.807, 2.05) is 0 Å². The summed E-state index contributed by atoms with van der Waals surface area (Å²) in [5.41, 5.74) is 1.02. The van der Waals surface area contributed by atoms with Gasteiger partial charge in [-0.2, -0.15) is 0 Å². The van der Waals surface area contributed by atoms with Crippen molar-refractivity contribution in [2.24, 2.45) is 34.5 Å². The smallest absolute Gasteiger partial charge is 0.334 e. The SMILES string of the molecule is C[C@@H]1CN2C[C@H]3CC[C@H](O)[C@@H]4C5=C(C[C@@]46C(=O)[C@H]1C[C@@H]2[C@@]36C)C(=O)OCC5. The third kappa shape index (κ3) is 1.67. The van der Waals surface area contributed by atoms with Crippen molar-refractivity contribution in [2.75, 3.05) is 19.7 Å². The Morgan fingerprint density at radius 3 is 2.85 bits per heavy atom. The molecule has 3 aliphatic heterocycles. The molecular weight excluding hydrogens is 342 g/mol. The van der Waals surface area contributed by atoms with Gasteiger partial charge in [-0.3, -0.25) is 9.69 Å². The van der Waals surface area contributed by atoms with E-state index in [-0.39, 0.29) is 23.2 Å². The Morgan fingerprint density at radius 1 is 1.22 bits per heavy atom. The normalized spacial score (nSPS) is 53.7. The molecule has 6 aliphatic rings. The number of esters is 1. The molecule has 0 radical (unpaired) electrons. The summed E-state index contributed by atoms with van der Waals surface area (Å²) in [5, 5.41) is 11.3. The lowest BCUT2D eigenvalue weighted by Gasteiger charge is -2.60. The molecule has 2 bridgehead atoms. The standard InChI is InChI=1S/C22H29NO4/c1-11-9-23-10-12-3-4-16(24)18-13-5-6-27-20(26)15(13)8-22(18)19(25)14(11)7-17(23)21(12,22)2/h11-12,14,16-18,24H,3-10H2,1-2H3/t11-,12-,14+,16+,17-,18+,21-,22+/m1/s1. The maximum Gasteiger partial charge on any atom is 0.334 e. The number of cyclic esters (lactones) is 1. The molecule has 5 nitrogen and oxygen atoms in total. The molecule has 4 fully saturated rings. The second kappa shape index (κ2) is 5.04. The largest absolute Gasteiger partial charge is 0.462 e. The van der Waals surface area contributed by atoms with E-state index < -0.39 is 11.5 Å². The highest BCUT2D eigenvalue weighted by Crippen LogP contribution is 2.72. The van der Waals surface area contributed by atoms with Crippen molar-refractivity contribution in [3.05, 3.63) is 11.1 Å². The van der Waals surface area contributed by atoms with Gasteiger partial charge in [-0.1, -0.05) is 13.8 Å². The van der Waals surface area contributed by atoms with Crippen LogP contribution in [0.4, 0.5) is 0 Å². The van der Waals surface area contributed by atoms with E-state index in [4.69, 9.17) is 4.74 Å². The Bertz CT molecular complexity index is 789. The molecule has 27 heavy (non-hydrogen) atoms. The summed E-state index contributed by atoms with van der Waals surface area (Å²) in [4.78, 5) is 29.4. The first-order valence-electron chi connectivity index (χ1n) is 10.7. The van der Waals surface area contributed by atoms with Gasteiger partial charge in [0.15, 0.2) is 0 Å². The number of aliphatic hydroxyl groups is 1. The molecule has 0 amide bonds. The van der Waals surface area contributed by atoms with E-state index >= 15 is 0 Å². The van der Waals surface area contributed by atoms with E-state index in [1.54, 1.807) is 0 Å². The monoisotopic (exact) mass is 371 g/mol. The Labute approximate surface area is 160 Å². The molecule has 5 heteroatoms. The molecule has 3 heterocycles. The Kier molecular flexibility index (Phi) is 3.12. The maximum atomic E-state index is 14.2. The topological polar surface area (TPSA) is 66.8 Å². The summed E-state index contributed by atoms with van der Waals surface area (Å²) in [6.45, 7) is 7.01. The van der Waals surface area contributed by atoms with Gasteiger partial charge in [0.25, 0.3) is 0 Å². The highest BCUT2D eigenvalue weighted by molar-refractivity contribution is 5.98. The van der Waals surface area contributed by atoms with Crippen molar-refractivity contribution in [1.82, 2.24) is 4.90 Å². The van der Waals surface area contributed by atoms with Gasteiger partial charge in [0, 0.05) is 53.8 Å². The molecule has 0 unspecified atom stereocenters. The highest BCUT2D eigenvalue weighted by atomic mass is 16.5. The molecule has 146 valence electrons. The lowest BCUT2D eigenvalue weighted by Crippen LogP contribution is -2.67. The van der Waals surface area contributed by atoms with Gasteiger partial charge < -0.3 is 9.84 Å². The number of ether oxygens (including phenoxy) is 1. The lowest BCUT2D eigenvalue weighted by molar-refractivity contribution is -0.171. The second-order valence-corrected chi connectivity index (χ2v) is 10.3. The number of carbonyl (C=O) groups excluding carboxylic acids is 2. The quantitative estimate of drug-likeness (QED) is 0.659. The number of fused-ring (bicyclic) bond motifs is 2. The Balaban J connectivity index is 1.61. The number of ketones is 1. The first kappa shape index (κ1) is 16.7. The van der Waals surface area contributed by atoms with Crippen LogP contribution in [0.15, 0.2) is 11.1 Å². The van der Waals surface area contributed by atoms with Crippen LogP contribution in [0.1, 0.15) is 46.0 Å². The number of aliphatic hydroxyl groups excluding tert-OH is 1. The van der Waals surface area contributed by atoms with Crippen LogP contribution in [0, 0.1) is 34.5 Å². The van der Waals surface area contributed by atoms with Crippen molar-refractivity contribution >= 4 is 11.8 Å². The fourth-order valence-corrected chi connectivity index (χ4v) is 8.53. The number of nitrogens with zero attached hydrogens (tertiary/aromatic N) is 1. The average molecular weight is 371 g/mol. The number of Topliss-reactive ketones (excluding diaryl/α,β-unsaturated/α-hetero) is 1.